The average molecular weight is 367 g/mol. The molecule has 1 amide bonds. The summed E-state index contributed by atoms with van der Waals surface area (Å²) in [6, 6.07) is 9.53. The van der Waals surface area contributed by atoms with E-state index in [9.17, 15) is 13.6 Å². The van der Waals surface area contributed by atoms with Gasteiger partial charge in [0.1, 0.15) is 11.6 Å². The maximum atomic E-state index is 14.7. The molecule has 3 nitrogen and oxygen atoms in total. The van der Waals surface area contributed by atoms with Gasteiger partial charge in [0, 0.05) is 12.1 Å². The number of fused-ring (bicyclic) bond motifs is 1. The van der Waals surface area contributed by atoms with Gasteiger partial charge in [-0.05, 0) is 50.1 Å². The number of nitrogens with one attached hydrogen (secondary N) is 2. The van der Waals surface area contributed by atoms with Crippen molar-refractivity contribution in [2.24, 2.45) is 0 Å². The quantitative estimate of drug-likeness (QED) is 0.863. The third-order valence-electron chi connectivity index (χ3n) is 4.57. The van der Waals surface area contributed by atoms with Crippen molar-refractivity contribution in [1.82, 2.24) is 5.32 Å². The molecule has 0 bridgehead atoms. The summed E-state index contributed by atoms with van der Waals surface area (Å²) in [5.41, 5.74) is 0.852. The predicted molar refractivity (Wildman–Crippen MR) is 97.1 cm³/mol. The maximum absolute atomic E-state index is 14.7. The Hall–Kier alpha value is -1.98. The minimum absolute atomic E-state index is 0. The number of benzene rings is 2. The molecule has 0 saturated carbocycles. The summed E-state index contributed by atoms with van der Waals surface area (Å²) in [5, 5.41) is 5.81. The first-order valence-corrected chi connectivity index (χ1v) is 7.98. The number of carbonyl (C=O) groups excluding carboxylic acids is 1. The number of hydrogen-bond acceptors (Lipinski definition) is 2. The Morgan fingerprint density at radius 3 is 2.60 bits per heavy atom. The summed E-state index contributed by atoms with van der Waals surface area (Å²) in [5.74, 6) is -1.29. The molecule has 1 heterocycles. The molecular formula is C19H21ClF2N2O. The molecule has 0 aromatic heterocycles. The Labute approximate surface area is 152 Å². The SMILES string of the molecule is CC(C)(C(=O)Nc1ccc2c(c1F)CCNC2)c1ccccc1F.Cl. The molecule has 134 valence electrons. The molecule has 0 unspecified atom stereocenters. The van der Waals surface area contributed by atoms with E-state index in [1.165, 1.54) is 6.07 Å². The third-order valence-corrected chi connectivity index (χ3v) is 4.57. The van der Waals surface area contributed by atoms with Crippen LogP contribution in [-0.4, -0.2) is 12.5 Å². The Morgan fingerprint density at radius 2 is 1.88 bits per heavy atom. The standard InChI is InChI=1S/C19H20F2N2O.ClH/c1-19(2,14-5-3-4-6-15(14)20)18(24)23-16-8-7-12-11-22-10-9-13(12)17(16)21;/h3-8,22H,9-11H2,1-2H3,(H,23,24);1H. The Morgan fingerprint density at radius 1 is 1.16 bits per heavy atom. The van der Waals surface area contributed by atoms with Crippen LogP contribution in [0.25, 0.3) is 0 Å². The first-order chi connectivity index (χ1) is 11.4. The molecule has 1 aliphatic heterocycles. The Kier molecular flexibility index (Phi) is 5.80. The van der Waals surface area contributed by atoms with Gasteiger partial charge in [-0.25, -0.2) is 8.78 Å². The normalized spacial score (nSPS) is 13.6. The van der Waals surface area contributed by atoms with Crippen molar-refractivity contribution in [3.63, 3.8) is 0 Å². The van der Waals surface area contributed by atoms with Crippen LogP contribution in [0.3, 0.4) is 0 Å². The van der Waals surface area contributed by atoms with Crippen LogP contribution in [0.4, 0.5) is 14.5 Å². The summed E-state index contributed by atoms with van der Waals surface area (Å²) in [6.45, 7) is 4.59. The summed E-state index contributed by atoms with van der Waals surface area (Å²) in [6.07, 6.45) is 0.585. The van der Waals surface area contributed by atoms with Gasteiger partial charge < -0.3 is 10.6 Å². The molecule has 6 heteroatoms. The molecule has 2 N–H and O–H groups in total. The van der Waals surface area contributed by atoms with Crippen LogP contribution in [0.1, 0.15) is 30.5 Å². The lowest BCUT2D eigenvalue weighted by atomic mass is 9.83. The monoisotopic (exact) mass is 366 g/mol. The lowest BCUT2D eigenvalue weighted by molar-refractivity contribution is -0.120. The molecular weight excluding hydrogens is 346 g/mol. The maximum Gasteiger partial charge on any atom is 0.234 e. The van der Waals surface area contributed by atoms with E-state index in [1.54, 1.807) is 38.1 Å². The van der Waals surface area contributed by atoms with Gasteiger partial charge in [0.2, 0.25) is 5.91 Å². The Bertz CT molecular complexity index is 793. The smallest absolute Gasteiger partial charge is 0.234 e. The minimum Gasteiger partial charge on any atom is -0.323 e. The summed E-state index contributed by atoms with van der Waals surface area (Å²) in [4.78, 5) is 12.7. The van der Waals surface area contributed by atoms with E-state index in [2.05, 4.69) is 10.6 Å². The van der Waals surface area contributed by atoms with Crippen molar-refractivity contribution in [2.45, 2.75) is 32.2 Å². The molecule has 1 aliphatic rings. The van der Waals surface area contributed by atoms with Gasteiger partial charge in [-0.1, -0.05) is 24.3 Å². The molecule has 0 aliphatic carbocycles. The van der Waals surface area contributed by atoms with Crippen LogP contribution in [0, 0.1) is 11.6 Å². The van der Waals surface area contributed by atoms with Gasteiger partial charge in [-0.15, -0.1) is 12.4 Å². The lowest BCUT2D eigenvalue weighted by Gasteiger charge is -2.26. The number of carbonyl (C=O) groups is 1. The van der Waals surface area contributed by atoms with E-state index in [0.717, 1.165) is 5.56 Å². The van der Waals surface area contributed by atoms with Crippen LogP contribution in [-0.2, 0) is 23.2 Å². The van der Waals surface area contributed by atoms with Crippen molar-refractivity contribution < 1.29 is 13.6 Å². The fourth-order valence-corrected chi connectivity index (χ4v) is 3.00. The van der Waals surface area contributed by atoms with Crippen molar-refractivity contribution >= 4 is 24.0 Å². The van der Waals surface area contributed by atoms with Gasteiger partial charge in [-0.3, -0.25) is 4.79 Å². The van der Waals surface area contributed by atoms with E-state index in [1.807, 2.05) is 6.07 Å². The largest absolute Gasteiger partial charge is 0.323 e. The van der Waals surface area contributed by atoms with E-state index in [-0.39, 0.29) is 23.7 Å². The average Bonchev–Trinajstić information content (AvgIpc) is 2.57. The fourth-order valence-electron chi connectivity index (χ4n) is 3.00. The lowest BCUT2D eigenvalue weighted by Crippen LogP contribution is -2.36. The van der Waals surface area contributed by atoms with Gasteiger partial charge in [0.15, 0.2) is 0 Å². The van der Waals surface area contributed by atoms with E-state index in [0.29, 0.717) is 25.1 Å². The highest BCUT2D eigenvalue weighted by molar-refractivity contribution is 5.98. The summed E-state index contributed by atoms with van der Waals surface area (Å²) >= 11 is 0. The van der Waals surface area contributed by atoms with Gasteiger partial charge in [-0.2, -0.15) is 0 Å². The first kappa shape index (κ1) is 19.3. The molecule has 25 heavy (non-hydrogen) atoms. The number of halogens is 3. The fraction of sp³-hybridized carbons (Fsp3) is 0.316. The Balaban J connectivity index is 0.00000225. The second kappa shape index (κ2) is 7.50. The number of anilines is 1. The third kappa shape index (κ3) is 3.67. The van der Waals surface area contributed by atoms with Crippen molar-refractivity contribution in [3.05, 3.63) is 64.7 Å². The molecule has 3 rings (SSSR count). The van der Waals surface area contributed by atoms with Crippen LogP contribution < -0.4 is 10.6 Å². The van der Waals surface area contributed by atoms with Crippen molar-refractivity contribution in [3.8, 4) is 0 Å². The molecule has 2 aromatic rings. The molecule has 2 aromatic carbocycles. The molecule has 0 fully saturated rings. The molecule has 0 radical (unpaired) electrons. The number of rotatable bonds is 3. The zero-order valence-electron chi connectivity index (χ0n) is 14.2. The predicted octanol–water partition coefficient (Wildman–Crippen LogP) is 3.95. The zero-order chi connectivity index (χ0) is 17.3. The highest BCUT2D eigenvalue weighted by atomic mass is 35.5. The summed E-state index contributed by atoms with van der Waals surface area (Å²) in [7, 11) is 0. The second-order valence-electron chi connectivity index (χ2n) is 6.55. The highest BCUT2D eigenvalue weighted by Crippen LogP contribution is 2.29. The number of amides is 1. The number of hydrogen-bond donors (Lipinski definition) is 2. The topological polar surface area (TPSA) is 41.1 Å². The van der Waals surface area contributed by atoms with E-state index in [4.69, 9.17) is 0 Å². The van der Waals surface area contributed by atoms with Crippen LogP contribution in [0.15, 0.2) is 36.4 Å². The van der Waals surface area contributed by atoms with Crippen LogP contribution in [0.2, 0.25) is 0 Å². The van der Waals surface area contributed by atoms with Crippen molar-refractivity contribution in [1.29, 1.82) is 0 Å². The van der Waals surface area contributed by atoms with Gasteiger partial charge in [0.25, 0.3) is 0 Å². The minimum atomic E-state index is -1.12. The van der Waals surface area contributed by atoms with Gasteiger partial charge >= 0.3 is 0 Å². The second-order valence-corrected chi connectivity index (χ2v) is 6.55. The van der Waals surface area contributed by atoms with Crippen LogP contribution >= 0.6 is 12.4 Å². The molecule has 0 spiro atoms. The van der Waals surface area contributed by atoms with E-state index >= 15 is 0 Å². The van der Waals surface area contributed by atoms with Gasteiger partial charge in [0.05, 0.1) is 11.1 Å². The van der Waals surface area contributed by atoms with Crippen molar-refractivity contribution in [2.75, 3.05) is 11.9 Å². The zero-order valence-corrected chi connectivity index (χ0v) is 15.0. The summed E-state index contributed by atoms with van der Waals surface area (Å²) < 4.78 is 28.7. The molecule has 0 atom stereocenters. The van der Waals surface area contributed by atoms with Crippen LogP contribution in [0.5, 0.6) is 0 Å². The first-order valence-electron chi connectivity index (χ1n) is 7.98. The highest BCUT2D eigenvalue weighted by Gasteiger charge is 2.33. The van der Waals surface area contributed by atoms with E-state index < -0.39 is 23.0 Å². The molecule has 0 saturated heterocycles.